The largest absolute Gasteiger partial charge is 0.340 e. The topological polar surface area (TPSA) is 51.0 Å². The van der Waals surface area contributed by atoms with Gasteiger partial charge in [-0.2, -0.15) is 4.98 Å². The SMILES string of the molecule is Cc1nc(CN[C@H](C)C2CCCC2)no1. The van der Waals surface area contributed by atoms with Crippen LogP contribution in [0.5, 0.6) is 0 Å². The zero-order valence-electron chi connectivity index (χ0n) is 9.49. The Balaban J connectivity index is 1.77. The number of aromatic nitrogens is 2. The minimum Gasteiger partial charge on any atom is -0.340 e. The number of rotatable bonds is 4. The van der Waals surface area contributed by atoms with Crippen molar-refractivity contribution in [2.24, 2.45) is 5.92 Å². The van der Waals surface area contributed by atoms with Gasteiger partial charge in [-0.3, -0.25) is 0 Å². The van der Waals surface area contributed by atoms with Crippen molar-refractivity contribution in [3.63, 3.8) is 0 Å². The number of aryl methyl sites for hydroxylation is 1. The first-order valence-electron chi connectivity index (χ1n) is 5.78. The van der Waals surface area contributed by atoms with Crippen molar-refractivity contribution in [3.05, 3.63) is 11.7 Å². The Morgan fingerprint density at radius 2 is 2.20 bits per heavy atom. The molecular formula is C11H19N3O. The van der Waals surface area contributed by atoms with E-state index in [1.165, 1.54) is 25.7 Å². The van der Waals surface area contributed by atoms with Crippen molar-refractivity contribution in [2.75, 3.05) is 0 Å². The quantitative estimate of drug-likeness (QED) is 0.824. The Bertz CT molecular complexity index is 305. The molecule has 1 N–H and O–H groups in total. The normalized spacial score (nSPS) is 19.6. The van der Waals surface area contributed by atoms with Crippen LogP contribution in [0.3, 0.4) is 0 Å². The first-order valence-corrected chi connectivity index (χ1v) is 5.78. The van der Waals surface area contributed by atoms with E-state index in [2.05, 4.69) is 22.4 Å². The Morgan fingerprint density at radius 3 is 2.80 bits per heavy atom. The summed E-state index contributed by atoms with van der Waals surface area (Å²) in [5, 5.41) is 7.33. The van der Waals surface area contributed by atoms with Gasteiger partial charge in [-0.1, -0.05) is 18.0 Å². The van der Waals surface area contributed by atoms with Gasteiger partial charge in [0.1, 0.15) is 0 Å². The summed E-state index contributed by atoms with van der Waals surface area (Å²) >= 11 is 0. The van der Waals surface area contributed by atoms with Crippen LogP contribution in [-0.2, 0) is 6.54 Å². The van der Waals surface area contributed by atoms with Gasteiger partial charge in [-0.05, 0) is 25.7 Å². The first-order chi connectivity index (χ1) is 7.25. The van der Waals surface area contributed by atoms with Crippen molar-refractivity contribution < 1.29 is 4.52 Å². The highest BCUT2D eigenvalue weighted by molar-refractivity contribution is 4.85. The second-order valence-corrected chi connectivity index (χ2v) is 4.44. The summed E-state index contributed by atoms with van der Waals surface area (Å²) in [6, 6.07) is 0.561. The number of hydrogen-bond donors (Lipinski definition) is 1. The fourth-order valence-corrected chi connectivity index (χ4v) is 2.29. The summed E-state index contributed by atoms with van der Waals surface area (Å²) in [7, 11) is 0. The minimum atomic E-state index is 0.561. The predicted molar refractivity (Wildman–Crippen MR) is 57.3 cm³/mol. The van der Waals surface area contributed by atoms with E-state index in [0.29, 0.717) is 11.9 Å². The second kappa shape index (κ2) is 4.75. The summed E-state index contributed by atoms with van der Waals surface area (Å²) in [6.07, 6.45) is 5.49. The van der Waals surface area contributed by atoms with Crippen molar-refractivity contribution in [3.8, 4) is 0 Å². The number of nitrogens with one attached hydrogen (secondary N) is 1. The lowest BCUT2D eigenvalue weighted by molar-refractivity contribution is 0.362. The molecule has 1 atom stereocenters. The van der Waals surface area contributed by atoms with E-state index >= 15 is 0 Å². The van der Waals surface area contributed by atoms with Gasteiger partial charge in [-0.15, -0.1) is 0 Å². The lowest BCUT2D eigenvalue weighted by Gasteiger charge is -2.19. The van der Waals surface area contributed by atoms with E-state index in [9.17, 15) is 0 Å². The molecule has 1 fully saturated rings. The molecule has 0 amide bonds. The predicted octanol–water partition coefficient (Wildman–Crippen LogP) is 2.05. The Kier molecular flexibility index (Phi) is 3.36. The van der Waals surface area contributed by atoms with Crippen LogP contribution >= 0.6 is 0 Å². The van der Waals surface area contributed by atoms with Crippen LogP contribution in [0.25, 0.3) is 0 Å². The van der Waals surface area contributed by atoms with Gasteiger partial charge in [0.2, 0.25) is 5.89 Å². The van der Waals surface area contributed by atoms with E-state index in [4.69, 9.17) is 4.52 Å². The standard InChI is InChI=1S/C11H19N3O/c1-8(10-5-3-4-6-10)12-7-11-13-9(2)15-14-11/h8,10,12H,3-7H2,1-2H3/t8-/m1/s1. The fraction of sp³-hybridized carbons (Fsp3) is 0.818. The van der Waals surface area contributed by atoms with E-state index in [0.717, 1.165) is 18.3 Å². The van der Waals surface area contributed by atoms with Gasteiger partial charge in [0.05, 0.1) is 6.54 Å². The molecule has 0 aliphatic heterocycles. The van der Waals surface area contributed by atoms with E-state index in [-0.39, 0.29) is 0 Å². The molecule has 4 heteroatoms. The van der Waals surface area contributed by atoms with Crippen LogP contribution in [0.2, 0.25) is 0 Å². The van der Waals surface area contributed by atoms with Crippen LogP contribution in [0, 0.1) is 12.8 Å². The Morgan fingerprint density at radius 1 is 1.47 bits per heavy atom. The Hall–Kier alpha value is -0.900. The van der Waals surface area contributed by atoms with E-state index in [1.54, 1.807) is 0 Å². The first kappa shape index (κ1) is 10.6. The monoisotopic (exact) mass is 209 g/mol. The molecule has 0 unspecified atom stereocenters. The van der Waals surface area contributed by atoms with Crippen molar-refractivity contribution in [2.45, 2.75) is 52.1 Å². The molecule has 1 aromatic heterocycles. The van der Waals surface area contributed by atoms with Crippen LogP contribution in [0.1, 0.15) is 44.3 Å². The Labute approximate surface area is 90.4 Å². The van der Waals surface area contributed by atoms with Crippen molar-refractivity contribution in [1.29, 1.82) is 0 Å². The molecule has 0 radical (unpaired) electrons. The lowest BCUT2D eigenvalue weighted by Crippen LogP contribution is -2.32. The smallest absolute Gasteiger partial charge is 0.223 e. The highest BCUT2D eigenvalue weighted by Crippen LogP contribution is 2.27. The molecule has 1 aliphatic rings. The molecular weight excluding hydrogens is 190 g/mol. The van der Waals surface area contributed by atoms with Gasteiger partial charge in [0, 0.05) is 13.0 Å². The molecule has 0 aromatic carbocycles. The van der Waals surface area contributed by atoms with Crippen molar-refractivity contribution >= 4 is 0 Å². The number of hydrogen-bond acceptors (Lipinski definition) is 4. The van der Waals surface area contributed by atoms with Gasteiger partial charge in [-0.25, -0.2) is 0 Å². The second-order valence-electron chi connectivity index (χ2n) is 4.44. The summed E-state index contributed by atoms with van der Waals surface area (Å²) in [5.74, 6) is 2.23. The third-order valence-electron chi connectivity index (χ3n) is 3.26. The molecule has 1 saturated carbocycles. The minimum absolute atomic E-state index is 0.561. The number of nitrogens with zero attached hydrogens (tertiary/aromatic N) is 2. The third-order valence-corrected chi connectivity index (χ3v) is 3.26. The summed E-state index contributed by atoms with van der Waals surface area (Å²) < 4.78 is 4.92. The van der Waals surface area contributed by atoms with Crippen LogP contribution in [0.15, 0.2) is 4.52 Å². The summed E-state index contributed by atoms with van der Waals surface area (Å²) in [4.78, 5) is 4.17. The highest BCUT2D eigenvalue weighted by Gasteiger charge is 2.21. The molecule has 84 valence electrons. The average molecular weight is 209 g/mol. The lowest BCUT2D eigenvalue weighted by atomic mass is 10.00. The van der Waals surface area contributed by atoms with Crippen LogP contribution < -0.4 is 5.32 Å². The molecule has 15 heavy (non-hydrogen) atoms. The molecule has 0 spiro atoms. The van der Waals surface area contributed by atoms with Gasteiger partial charge < -0.3 is 9.84 Å². The van der Waals surface area contributed by atoms with Gasteiger partial charge in [0.25, 0.3) is 0 Å². The maximum Gasteiger partial charge on any atom is 0.223 e. The zero-order valence-corrected chi connectivity index (χ0v) is 9.49. The van der Waals surface area contributed by atoms with Gasteiger partial charge >= 0.3 is 0 Å². The van der Waals surface area contributed by atoms with Crippen molar-refractivity contribution in [1.82, 2.24) is 15.5 Å². The maximum atomic E-state index is 4.92. The molecule has 2 rings (SSSR count). The van der Waals surface area contributed by atoms with E-state index in [1.807, 2.05) is 6.92 Å². The third kappa shape index (κ3) is 2.78. The highest BCUT2D eigenvalue weighted by atomic mass is 16.5. The maximum absolute atomic E-state index is 4.92. The average Bonchev–Trinajstić information content (AvgIpc) is 2.84. The van der Waals surface area contributed by atoms with Crippen LogP contribution in [0.4, 0.5) is 0 Å². The van der Waals surface area contributed by atoms with Gasteiger partial charge in [0.15, 0.2) is 5.82 Å². The molecule has 1 aliphatic carbocycles. The molecule has 1 heterocycles. The van der Waals surface area contributed by atoms with Crippen LogP contribution in [-0.4, -0.2) is 16.2 Å². The van der Waals surface area contributed by atoms with E-state index < -0.39 is 0 Å². The summed E-state index contributed by atoms with van der Waals surface area (Å²) in [5.41, 5.74) is 0. The molecule has 4 nitrogen and oxygen atoms in total. The summed E-state index contributed by atoms with van der Waals surface area (Å²) in [6.45, 7) is 4.79. The zero-order chi connectivity index (χ0) is 10.7. The molecule has 0 saturated heterocycles. The fourth-order valence-electron chi connectivity index (χ4n) is 2.29. The molecule has 0 bridgehead atoms. The molecule has 1 aromatic rings.